The van der Waals surface area contributed by atoms with Crippen LogP contribution in [0.3, 0.4) is 0 Å². The number of ether oxygens (including phenoxy) is 2. The van der Waals surface area contributed by atoms with Crippen molar-refractivity contribution in [1.82, 2.24) is 4.90 Å². The number of nitrogens with zero attached hydrogens (tertiary/aromatic N) is 2. The van der Waals surface area contributed by atoms with Crippen LogP contribution in [0.15, 0.2) is 12.1 Å². The number of carbonyl (C=O) groups excluding carboxylic acids is 1. The van der Waals surface area contributed by atoms with Gasteiger partial charge >= 0.3 is 0 Å². The average Bonchev–Trinajstić information content (AvgIpc) is 3.36. The van der Waals surface area contributed by atoms with E-state index in [0.29, 0.717) is 11.4 Å². The lowest BCUT2D eigenvalue weighted by Gasteiger charge is -2.25. The summed E-state index contributed by atoms with van der Waals surface area (Å²) in [5.41, 5.74) is 8.66. The molecule has 6 heteroatoms. The van der Waals surface area contributed by atoms with E-state index in [1.54, 1.807) is 7.11 Å². The zero-order chi connectivity index (χ0) is 17.8. The molecule has 25 heavy (non-hydrogen) atoms. The second-order valence-corrected chi connectivity index (χ2v) is 6.92. The Bertz CT molecular complexity index is 609. The van der Waals surface area contributed by atoms with Crippen molar-refractivity contribution in [2.75, 3.05) is 51.1 Å². The number of nitrogens with two attached hydrogens (primary N) is 1. The number of rotatable bonds is 2. The van der Waals surface area contributed by atoms with Crippen LogP contribution < -0.4 is 15.4 Å². The Labute approximate surface area is 149 Å². The Morgan fingerprint density at radius 1 is 1.24 bits per heavy atom. The first-order valence-corrected chi connectivity index (χ1v) is 9.17. The van der Waals surface area contributed by atoms with Crippen molar-refractivity contribution in [1.29, 1.82) is 0 Å². The van der Waals surface area contributed by atoms with Crippen molar-refractivity contribution in [3.8, 4) is 5.75 Å². The Balaban J connectivity index is 0.000000314. The van der Waals surface area contributed by atoms with Crippen LogP contribution in [0.1, 0.15) is 31.2 Å². The van der Waals surface area contributed by atoms with E-state index in [1.165, 1.54) is 12.8 Å². The van der Waals surface area contributed by atoms with Crippen molar-refractivity contribution in [3.05, 3.63) is 17.7 Å². The number of likely N-dealkylation sites (N-methyl/N-ethyl adjacent to an activating group) is 1. The second kappa shape index (κ2) is 8.06. The molecule has 0 aromatic heterocycles. The number of amides is 1. The number of hydrogen-bond acceptors (Lipinski definition) is 5. The van der Waals surface area contributed by atoms with Crippen LogP contribution in [0.4, 0.5) is 11.4 Å². The molecule has 1 amide bonds. The molecule has 0 unspecified atom stereocenters. The summed E-state index contributed by atoms with van der Waals surface area (Å²) in [7, 11) is 3.64. The molecule has 0 saturated carbocycles. The Kier molecular flexibility index (Phi) is 5.81. The highest BCUT2D eigenvalue weighted by atomic mass is 16.5. The Hall–Kier alpha value is -1.79. The minimum atomic E-state index is 0.0178. The maximum Gasteiger partial charge on any atom is 0.244 e. The minimum Gasteiger partial charge on any atom is -0.495 e. The van der Waals surface area contributed by atoms with Gasteiger partial charge in [0.15, 0.2) is 0 Å². The van der Waals surface area contributed by atoms with Gasteiger partial charge in [0, 0.05) is 25.4 Å². The molecule has 2 fully saturated rings. The fourth-order valence-corrected chi connectivity index (χ4v) is 3.75. The molecule has 3 aliphatic rings. The minimum absolute atomic E-state index is 0.0178. The van der Waals surface area contributed by atoms with Crippen LogP contribution in [-0.2, 0) is 16.0 Å². The summed E-state index contributed by atoms with van der Waals surface area (Å²) in [6, 6.07) is 3.84. The Morgan fingerprint density at radius 3 is 2.56 bits per heavy atom. The fraction of sp³-hybridized carbons (Fsp3) is 0.632. The lowest BCUT2D eigenvalue weighted by atomic mass is 10.1. The zero-order valence-corrected chi connectivity index (χ0v) is 15.3. The summed E-state index contributed by atoms with van der Waals surface area (Å²) < 4.78 is 10.2. The highest BCUT2D eigenvalue weighted by Gasteiger charge is 2.35. The van der Waals surface area contributed by atoms with Crippen molar-refractivity contribution >= 4 is 17.3 Å². The van der Waals surface area contributed by atoms with Gasteiger partial charge in [-0.15, -0.1) is 0 Å². The molecule has 6 nitrogen and oxygen atoms in total. The largest absolute Gasteiger partial charge is 0.495 e. The molecule has 1 aromatic rings. The van der Waals surface area contributed by atoms with Gasteiger partial charge in [0.05, 0.1) is 18.8 Å². The predicted octanol–water partition coefficient (Wildman–Crippen LogP) is 2.06. The molecule has 2 N–H and O–H groups in total. The number of hydrogen-bond donors (Lipinski definition) is 1. The van der Waals surface area contributed by atoms with Crippen LogP contribution in [0.5, 0.6) is 5.75 Å². The quantitative estimate of drug-likeness (QED) is 0.830. The summed E-state index contributed by atoms with van der Waals surface area (Å²) in [4.78, 5) is 16.7. The van der Waals surface area contributed by atoms with Gasteiger partial charge in [-0.25, -0.2) is 0 Å². The second-order valence-electron chi connectivity index (χ2n) is 6.92. The van der Waals surface area contributed by atoms with Crippen LogP contribution in [0, 0.1) is 0 Å². The van der Waals surface area contributed by atoms with Gasteiger partial charge in [-0.05, 0) is 63.4 Å². The lowest BCUT2D eigenvalue weighted by molar-refractivity contribution is -0.122. The third-order valence-corrected chi connectivity index (χ3v) is 5.23. The molecule has 0 aliphatic carbocycles. The van der Waals surface area contributed by atoms with Crippen LogP contribution in [0.25, 0.3) is 0 Å². The molecule has 138 valence electrons. The van der Waals surface area contributed by atoms with E-state index in [1.807, 2.05) is 24.1 Å². The molecular weight excluding hydrogens is 318 g/mol. The van der Waals surface area contributed by atoms with Gasteiger partial charge in [-0.1, -0.05) is 0 Å². The topological polar surface area (TPSA) is 68.0 Å². The summed E-state index contributed by atoms with van der Waals surface area (Å²) in [5, 5.41) is 0. The number of anilines is 2. The van der Waals surface area contributed by atoms with Gasteiger partial charge in [0.2, 0.25) is 5.91 Å². The molecule has 0 bridgehead atoms. The van der Waals surface area contributed by atoms with E-state index >= 15 is 0 Å². The van der Waals surface area contributed by atoms with Crippen molar-refractivity contribution in [3.63, 3.8) is 0 Å². The fourth-order valence-electron chi connectivity index (χ4n) is 3.75. The summed E-state index contributed by atoms with van der Waals surface area (Å²) >= 11 is 0. The third-order valence-electron chi connectivity index (χ3n) is 5.23. The number of benzene rings is 1. The van der Waals surface area contributed by atoms with Crippen molar-refractivity contribution < 1.29 is 14.3 Å². The van der Waals surface area contributed by atoms with Crippen molar-refractivity contribution in [2.45, 2.75) is 38.1 Å². The van der Waals surface area contributed by atoms with Crippen LogP contribution in [0.2, 0.25) is 0 Å². The van der Waals surface area contributed by atoms with E-state index in [0.717, 1.165) is 56.8 Å². The number of carbonyl (C=O) groups is 1. The molecule has 3 heterocycles. The van der Waals surface area contributed by atoms with Crippen LogP contribution in [-0.4, -0.2) is 57.3 Å². The van der Waals surface area contributed by atoms with E-state index in [4.69, 9.17) is 15.2 Å². The summed E-state index contributed by atoms with van der Waals surface area (Å²) in [6.07, 6.45) is 5.47. The van der Waals surface area contributed by atoms with Gasteiger partial charge in [-0.3, -0.25) is 9.69 Å². The van der Waals surface area contributed by atoms with E-state index in [2.05, 4.69) is 4.90 Å². The standard InChI is InChI=1S/C15H21N3O2.C4H8O/c1-17-6-3-4-12(17)15(19)18-7-5-10-8-14(20-2)11(16)9-13(10)18;1-2-4-5-3-1/h8-9,12H,3-7,16H2,1-2H3;1-4H2/t12-;/m1./s1. The summed E-state index contributed by atoms with van der Waals surface area (Å²) in [6.45, 7) is 3.74. The third kappa shape index (κ3) is 3.90. The smallest absolute Gasteiger partial charge is 0.244 e. The van der Waals surface area contributed by atoms with Crippen LogP contribution >= 0.6 is 0 Å². The molecule has 1 atom stereocenters. The highest BCUT2D eigenvalue weighted by molar-refractivity contribution is 5.99. The Morgan fingerprint density at radius 2 is 2.00 bits per heavy atom. The number of likely N-dealkylation sites (tertiary alicyclic amines) is 1. The molecule has 0 radical (unpaired) electrons. The molecule has 0 spiro atoms. The molecule has 1 aromatic carbocycles. The maximum absolute atomic E-state index is 12.7. The summed E-state index contributed by atoms with van der Waals surface area (Å²) in [5.74, 6) is 0.893. The van der Waals surface area contributed by atoms with Gasteiger partial charge in [0.25, 0.3) is 0 Å². The SMILES string of the molecule is C1CCOC1.COc1cc2c(cc1N)N(C(=O)[C@H]1CCCN1C)CC2. The lowest BCUT2D eigenvalue weighted by Crippen LogP contribution is -2.43. The number of fused-ring (bicyclic) bond motifs is 1. The molecule has 4 rings (SSSR count). The maximum atomic E-state index is 12.7. The zero-order valence-electron chi connectivity index (χ0n) is 15.3. The first kappa shape index (κ1) is 18.0. The van der Waals surface area contributed by atoms with Crippen molar-refractivity contribution in [2.24, 2.45) is 0 Å². The van der Waals surface area contributed by atoms with E-state index < -0.39 is 0 Å². The predicted molar refractivity (Wildman–Crippen MR) is 99.2 cm³/mol. The van der Waals surface area contributed by atoms with Gasteiger partial charge in [-0.2, -0.15) is 0 Å². The van der Waals surface area contributed by atoms with Gasteiger partial charge in [0.1, 0.15) is 5.75 Å². The number of methoxy groups -OCH3 is 1. The van der Waals surface area contributed by atoms with E-state index in [-0.39, 0.29) is 11.9 Å². The average molecular weight is 347 g/mol. The number of nitrogen functional groups attached to an aromatic ring is 1. The normalized spacial score (nSPS) is 22.5. The monoisotopic (exact) mass is 347 g/mol. The molecular formula is C19H29N3O3. The van der Waals surface area contributed by atoms with E-state index in [9.17, 15) is 4.79 Å². The highest BCUT2D eigenvalue weighted by Crippen LogP contribution is 2.36. The van der Waals surface area contributed by atoms with Gasteiger partial charge < -0.3 is 20.1 Å². The molecule has 2 saturated heterocycles. The first-order chi connectivity index (χ1) is 12.1. The first-order valence-electron chi connectivity index (χ1n) is 9.17. The molecule has 3 aliphatic heterocycles.